The summed E-state index contributed by atoms with van der Waals surface area (Å²) in [6.07, 6.45) is 13.8. The molecule has 1 saturated heterocycles. The van der Waals surface area contributed by atoms with Crippen LogP contribution < -0.4 is 21.1 Å². The van der Waals surface area contributed by atoms with Crippen molar-refractivity contribution in [1.29, 1.82) is 0 Å². The highest BCUT2D eigenvalue weighted by atomic mass is 16.2. The number of piperidine rings is 1. The smallest absolute Gasteiger partial charge is 0.0442 e. The van der Waals surface area contributed by atoms with Gasteiger partial charge in [0, 0.05) is 63.1 Å². The number of hydrogen-bond donors (Lipinski definition) is 3. The van der Waals surface area contributed by atoms with Gasteiger partial charge in [-0.1, -0.05) is 18.2 Å². The van der Waals surface area contributed by atoms with Crippen LogP contribution in [0.15, 0.2) is 30.5 Å². The van der Waals surface area contributed by atoms with Crippen LogP contribution >= 0.6 is 0 Å². The van der Waals surface area contributed by atoms with Crippen molar-refractivity contribution in [3.63, 3.8) is 0 Å². The average molecular weight is 383 g/mol. The monoisotopic (exact) mass is 382 g/mol. The SMILES string of the molecule is CC1C=CC(c2cc(NC3CCNCC3)c3c(c2)=CCN(C)C=3)=CN1C.CO. The van der Waals surface area contributed by atoms with Gasteiger partial charge in [-0.25, -0.2) is 0 Å². The maximum atomic E-state index is 7.00. The van der Waals surface area contributed by atoms with E-state index in [4.69, 9.17) is 5.11 Å². The molecule has 1 unspecified atom stereocenters. The fourth-order valence-electron chi connectivity index (χ4n) is 3.91. The van der Waals surface area contributed by atoms with Crippen LogP contribution in [0.5, 0.6) is 0 Å². The average Bonchev–Trinajstić information content (AvgIpc) is 2.72. The summed E-state index contributed by atoms with van der Waals surface area (Å²) < 4.78 is 0. The number of aliphatic hydroxyl groups excluding tert-OH is 1. The number of hydrogen-bond acceptors (Lipinski definition) is 5. The van der Waals surface area contributed by atoms with E-state index in [1.165, 1.54) is 40.1 Å². The Balaban J connectivity index is 0.00000109. The number of fused-ring (bicyclic) bond motifs is 1. The molecule has 5 heteroatoms. The Kier molecular flexibility index (Phi) is 6.81. The van der Waals surface area contributed by atoms with E-state index in [2.05, 4.69) is 84.2 Å². The van der Waals surface area contributed by atoms with Crippen molar-refractivity contribution < 1.29 is 5.11 Å². The normalized spacial score (nSPS) is 21.6. The van der Waals surface area contributed by atoms with Crippen LogP contribution in [0.2, 0.25) is 0 Å². The van der Waals surface area contributed by atoms with E-state index >= 15 is 0 Å². The molecule has 3 heterocycles. The van der Waals surface area contributed by atoms with E-state index in [9.17, 15) is 0 Å². The Morgan fingerprint density at radius 2 is 1.86 bits per heavy atom. The third-order valence-corrected chi connectivity index (χ3v) is 5.73. The molecule has 1 fully saturated rings. The van der Waals surface area contributed by atoms with Crippen LogP contribution in [-0.2, 0) is 0 Å². The predicted molar refractivity (Wildman–Crippen MR) is 119 cm³/mol. The van der Waals surface area contributed by atoms with Crippen molar-refractivity contribution in [2.24, 2.45) is 0 Å². The molecular weight excluding hydrogens is 348 g/mol. The van der Waals surface area contributed by atoms with Crippen LogP contribution in [-0.4, -0.2) is 67.8 Å². The summed E-state index contributed by atoms with van der Waals surface area (Å²) in [5.74, 6) is 0. The summed E-state index contributed by atoms with van der Waals surface area (Å²) >= 11 is 0. The molecule has 3 aliphatic heterocycles. The lowest BCUT2D eigenvalue weighted by atomic mass is 9.98. The van der Waals surface area contributed by atoms with Crippen LogP contribution in [0.4, 0.5) is 5.69 Å². The van der Waals surface area contributed by atoms with Gasteiger partial charge in [-0.15, -0.1) is 0 Å². The van der Waals surface area contributed by atoms with Gasteiger partial charge in [-0.2, -0.15) is 0 Å². The molecule has 152 valence electrons. The molecule has 3 N–H and O–H groups in total. The number of nitrogens with one attached hydrogen (secondary N) is 2. The molecule has 0 spiro atoms. The number of anilines is 1. The van der Waals surface area contributed by atoms with Gasteiger partial charge in [0.1, 0.15) is 0 Å². The Hall–Kier alpha value is -2.24. The minimum absolute atomic E-state index is 0.456. The van der Waals surface area contributed by atoms with E-state index in [0.717, 1.165) is 26.7 Å². The quantitative estimate of drug-likeness (QED) is 0.732. The fraction of sp³-hybridized carbons (Fsp3) is 0.478. The maximum Gasteiger partial charge on any atom is 0.0442 e. The number of benzene rings is 1. The predicted octanol–water partition coefficient (Wildman–Crippen LogP) is 1.15. The molecule has 0 bridgehead atoms. The van der Waals surface area contributed by atoms with Gasteiger partial charge in [0.05, 0.1) is 0 Å². The first-order chi connectivity index (χ1) is 13.6. The van der Waals surface area contributed by atoms with Gasteiger partial charge in [-0.3, -0.25) is 0 Å². The topological polar surface area (TPSA) is 50.8 Å². The van der Waals surface area contributed by atoms with Crippen molar-refractivity contribution in [1.82, 2.24) is 15.1 Å². The number of rotatable bonds is 3. The minimum atomic E-state index is 0.456. The largest absolute Gasteiger partial charge is 0.400 e. The molecule has 3 aliphatic rings. The second-order valence-corrected chi connectivity index (χ2v) is 7.82. The first-order valence-electron chi connectivity index (χ1n) is 10.2. The zero-order chi connectivity index (χ0) is 20.1. The molecule has 0 amide bonds. The highest BCUT2D eigenvalue weighted by Gasteiger charge is 2.16. The van der Waals surface area contributed by atoms with Crippen molar-refractivity contribution >= 4 is 23.5 Å². The Bertz CT molecular complexity index is 852. The highest BCUT2D eigenvalue weighted by Crippen LogP contribution is 2.23. The molecule has 5 nitrogen and oxygen atoms in total. The fourth-order valence-corrected chi connectivity index (χ4v) is 3.91. The van der Waals surface area contributed by atoms with Crippen molar-refractivity contribution in [2.45, 2.75) is 31.8 Å². The Morgan fingerprint density at radius 1 is 1.11 bits per heavy atom. The Labute approximate surface area is 168 Å². The van der Waals surface area contributed by atoms with Gasteiger partial charge in [-0.05, 0) is 61.3 Å². The van der Waals surface area contributed by atoms with Gasteiger partial charge in [0.15, 0.2) is 0 Å². The van der Waals surface area contributed by atoms with E-state index in [1.807, 2.05) is 0 Å². The molecule has 1 aromatic carbocycles. The summed E-state index contributed by atoms with van der Waals surface area (Å²) in [5.41, 5.74) is 3.85. The summed E-state index contributed by atoms with van der Waals surface area (Å²) in [6.45, 7) is 5.39. The van der Waals surface area contributed by atoms with Gasteiger partial charge >= 0.3 is 0 Å². The third-order valence-electron chi connectivity index (χ3n) is 5.73. The molecule has 0 aliphatic carbocycles. The van der Waals surface area contributed by atoms with E-state index in [-0.39, 0.29) is 0 Å². The standard InChI is InChI=1S/C22H30N4.CH4O/c1-16-4-5-18(14-26(16)3)19-12-17-8-11-25(2)15-21(17)22(13-19)24-20-6-9-23-10-7-20;1-2/h4-5,8,12-16,20,23-24H,6-7,9-11H2,1-3H3;2H,1H3. The second kappa shape index (κ2) is 9.30. The van der Waals surface area contributed by atoms with Crippen molar-refractivity contribution in [2.75, 3.05) is 46.2 Å². The molecule has 0 saturated carbocycles. The van der Waals surface area contributed by atoms with Gasteiger partial charge < -0.3 is 25.5 Å². The second-order valence-electron chi connectivity index (χ2n) is 7.82. The highest BCUT2D eigenvalue weighted by molar-refractivity contribution is 5.77. The van der Waals surface area contributed by atoms with E-state index in [1.54, 1.807) is 0 Å². The molecule has 28 heavy (non-hydrogen) atoms. The third kappa shape index (κ3) is 4.59. The van der Waals surface area contributed by atoms with E-state index in [0.29, 0.717) is 12.1 Å². The summed E-state index contributed by atoms with van der Waals surface area (Å²) in [4.78, 5) is 4.53. The molecule has 0 radical (unpaired) electrons. The van der Waals surface area contributed by atoms with Crippen LogP contribution in [0, 0.1) is 0 Å². The lowest BCUT2D eigenvalue weighted by Gasteiger charge is -2.28. The zero-order valence-electron chi connectivity index (χ0n) is 17.6. The number of nitrogens with zero attached hydrogens (tertiary/aromatic N) is 2. The molecule has 0 aromatic heterocycles. The number of aliphatic hydroxyl groups is 1. The molecular formula is C23H34N4O. The number of allylic oxidation sites excluding steroid dienone is 2. The van der Waals surface area contributed by atoms with Crippen LogP contribution in [0.25, 0.3) is 17.8 Å². The van der Waals surface area contributed by atoms with Gasteiger partial charge in [0.2, 0.25) is 0 Å². The minimum Gasteiger partial charge on any atom is -0.400 e. The summed E-state index contributed by atoms with van der Waals surface area (Å²) in [5, 5.41) is 17.0. The van der Waals surface area contributed by atoms with Crippen LogP contribution in [0.1, 0.15) is 25.3 Å². The molecule has 4 rings (SSSR count). The summed E-state index contributed by atoms with van der Waals surface area (Å²) in [6, 6.07) is 5.68. The molecule has 1 atom stereocenters. The van der Waals surface area contributed by atoms with Crippen molar-refractivity contribution in [3.8, 4) is 0 Å². The number of likely N-dealkylation sites (N-methyl/N-ethyl adjacent to an activating group) is 1. The van der Waals surface area contributed by atoms with Crippen LogP contribution in [0.3, 0.4) is 0 Å². The van der Waals surface area contributed by atoms with Crippen molar-refractivity contribution in [3.05, 3.63) is 46.5 Å². The van der Waals surface area contributed by atoms with Gasteiger partial charge in [0.25, 0.3) is 0 Å². The maximum absolute atomic E-state index is 7.00. The first-order valence-corrected chi connectivity index (χ1v) is 10.2. The first kappa shape index (κ1) is 20.5. The molecule has 1 aromatic rings. The lowest BCUT2D eigenvalue weighted by molar-refractivity contribution is 0.399. The zero-order valence-corrected chi connectivity index (χ0v) is 17.6. The Morgan fingerprint density at radius 3 is 2.57 bits per heavy atom. The summed E-state index contributed by atoms with van der Waals surface area (Å²) in [7, 11) is 5.29. The lowest BCUT2D eigenvalue weighted by Crippen LogP contribution is -2.40. The van der Waals surface area contributed by atoms with E-state index < -0.39 is 0 Å².